The molecule has 2 N–H and O–H groups in total. The fourth-order valence-corrected chi connectivity index (χ4v) is 4.59. The second-order valence-electron chi connectivity index (χ2n) is 10.6. The Morgan fingerprint density at radius 2 is 1.73 bits per heavy atom. The first-order valence-electron chi connectivity index (χ1n) is 12.6. The summed E-state index contributed by atoms with van der Waals surface area (Å²) >= 11 is 0. The fourth-order valence-electron chi connectivity index (χ4n) is 4.59. The number of carboxylic acid groups (broad SMARTS) is 1. The van der Waals surface area contributed by atoms with Gasteiger partial charge in [-0.15, -0.1) is 0 Å². The van der Waals surface area contributed by atoms with Gasteiger partial charge in [0.1, 0.15) is 6.04 Å². The number of amides is 2. The molecule has 8 nitrogen and oxygen atoms in total. The van der Waals surface area contributed by atoms with Gasteiger partial charge < -0.3 is 19.9 Å². The Hall–Kier alpha value is -3.94. The molecule has 4 rings (SSSR count). The van der Waals surface area contributed by atoms with E-state index in [-0.39, 0.29) is 49.6 Å². The molecule has 1 aliphatic rings. The van der Waals surface area contributed by atoms with Crippen molar-refractivity contribution in [3.05, 3.63) is 89.0 Å². The summed E-state index contributed by atoms with van der Waals surface area (Å²) in [4.78, 5) is 43.5. The molecule has 1 aliphatic heterocycles. The number of benzene rings is 2. The first-order chi connectivity index (χ1) is 17.6. The van der Waals surface area contributed by atoms with Crippen molar-refractivity contribution in [1.82, 2.24) is 19.8 Å². The van der Waals surface area contributed by atoms with Crippen molar-refractivity contribution in [2.24, 2.45) is 0 Å². The third kappa shape index (κ3) is 6.44. The highest BCUT2D eigenvalue weighted by Crippen LogP contribution is 2.26. The number of aromatic nitrogens is 2. The molecule has 0 saturated carbocycles. The molecule has 8 heteroatoms. The van der Waals surface area contributed by atoms with Crippen LogP contribution in [0.3, 0.4) is 0 Å². The third-order valence-corrected chi connectivity index (χ3v) is 6.75. The van der Waals surface area contributed by atoms with E-state index in [1.165, 1.54) is 5.56 Å². The highest BCUT2D eigenvalue weighted by Gasteiger charge is 2.36. The second-order valence-corrected chi connectivity index (χ2v) is 10.6. The third-order valence-electron chi connectivity index (χ3n) is 6.75. The van der Waals surface area contributed by atoms with E-state index in [1.54, 1.807) is 11.2 Å². The zero-order valence-electron chi connectivity index (χ0n) is 21.6. The van der Waals surface area contributed by atoms with Crippen molar-refractivity contribution >= 4 is 17.8 Å². The molecule has 1 aromatic heterocycles. The van der Waals surface area contributed by atoms with Crippen molar-refractivity contribution in [3.8, 4) is 0 Å². The number of rotatable bonds is 8. The number of nitrogens with one attached hydrogen (secondary N) is 1. The van der Waals surface area contributed by atoms with Gasteiger partial charge in [-0.2, -0.15) is 0 Å². The Bertz CT molecular complexity index is 1260. The number of hydrogen-bond donors (Lipinski definition) is 2. The van der Waals surface area contributed by atoms with Gasteiger partial charge in [-0.3, -0.25) is 14.4 Å². The van der Waals surface area contributed by atoms with Gasteiger partial charge in [-0.05, 0) is 22.1 Å². The molecule has 2 heterocycles. The number of imidazole rings is 1. The predicted molar refractivity (Wildman–Crippen MR) is 140 cm³/mol. The van der Waals surface area contributed by atoms with E-state index in [0.717, 1.165) is 22.5 Å². The van der Waals surface area contributed by atoms with Crippen LogP contribution in [-0.2, 0) is 45.7 Å². The molecule has 0 saturated heterocycles. The molecule has 1 atom stereocenters. The lowest BCUT2D eigenvalue weighted by Crippen LogP contribution is -2.53. The van der Waals surface area contributed by atoms with E-state index < -0.39 is 12.0 Å². The SMILES string of the molecule is CC(C)(C)c1ccc(Cn2cnc3c2CN(C(=O)Cc2ccccc2)C(C(=O)NCCC(=O)O)C3)cc1. The molecule has 0 spiro atoms. The van der Waals surface area contributed by atoms with Gasteiger partial charge in [0, 0.05) is 19.5 Å². The molecular weight excluding hydrogens is 468 g/mol. The maximum Gasteiger partial charge on any atom is 0.305 e. The lowest BCUT2D eigenvalue weighted by molar-refractivity contribution is -0.142. The van der Waals surface area contributed by atoms with Crippen LogP contribution in [0, 0.1) is 0 Å². The maximum atomic E-state index is 13.4. The minimum absolute atomic E-state index is 0.0112. The summed E-state index contributed by atoms with van der Waals surface area (Å²) < 4.78 is 2.04. The highest BCUT2D eigenvalue weighted by atomic mass is 16.4. The van der Waals surface area contributed by atoms with Crippen LogP contribution in [0.5, 0.6) is 0 Å². The van der Waals surface area contributed by atoms with E-state index in [4.69, 9.17) is 5.11 Å². The lowest BCUT2D eigenvalue weighted by atomic mass is 9.87. The Kier molecular flexibility index (Phi) is 7.76. The minimum atomic E-state index is -0.988. The summed E-state index contributed by atoms with van der Waals surface area (Å²) in [5, 5.41) is 11.6. The van der Waals surface area contributed by atoms with Gasteiger partial charge in [0.05, 0.1) is 37.1 Å². The Balaban J connectivity index is 1.56. The molecule has 1 unspecified atom stereocenters. The summed E-state index contributed by atoms with van der Waals surface area (Å²) in [6, 6.07) is 17.2. The summed E-state index contributed by atoms with van der Waals surface area (Å²) in [5.41, 5.74) is 5.04. The van der Waals surface area contributed by atoms with Crippen LogP contribution >= 0.6 is 0 Å². The summed E-state index contributed by atoms with van der Waals surface area (Å²) in [6.45, 7) is 7.44. The standard InChI is InChI=1S/C29H34N4O4/c1-29(2,3)22-11-9-21(10-12-22)17-32-19-31-23-16-24(28(37)30-14-13-27(35)36)33(18-25(23)32)26(34)15-20-7-5-4-6-8-20/h4-12,19,24H,13-18H2,1-3H3,(H,30,37)(H,35,36). The zero-order chi connectivity index (χ0) is 26.6. The second kappa shape index (κ2) is 11.0. The number of fused-ring (bicyclic) bond motifs is 1. The van der Waals surface area contributed by atoms with Crippen molar-refractivity contribution in [2.75, 3.05) is 6.54 Å². The Labute approximate surface area is 217 Å². The molecule has 2 aromatic carbocycles. The van der Waals surface area contributed by atoms with Crippen LogP contribution in [0.2, 0.25) is 0 Å². The smallest absolute Gasteiger partial charge is 0.305 e. The Morgan fingerprint density at radius 1 is 1.03 bits per heavy atom. The molecule has 0 bridgehead atoms. The number of nitrogens with zero attached hydrogens (tertiary/aromatic N) is 3. The number of carboxylic acids is 1. The highest BCUT2D eigenvalue weighted by molar-refractivity contribution is 5.89. The molecule has 0 aliphatic carbocycles. The normalized spacial score (nSPS) is 15.2. The average Bonchev–Trinajstić information content (AvgIpc) is 3.25. The lowest BCUT2D eigenvalue weighted by Gasteiger charge is -2.35. The quantitative estimate of drug-likeness (QED) is 0.492. The van der Waals surface area contributed by atoms with Gasteiger partial charge in [0.25, 0.3) is 0 Å². The molecule has 3 aromatic rings. The maximum absolute atomic E-state index is 13.4. The zero-order valence-corrected chi connectivity index (χ0v) is 21.6. The first kappa shape index (κ1) is 26.1. The largest absolute Gasteiger partial charge is 0.481 e. The van der Waals surface area contributed by atoms with Gasteiger partial charge in [-0.1, -0.05) is 75.4 Å². The van der Waals surface area contributed by atoms with Crippen LogP contribution in [0.4, 0.5) is 0 Å². The van der Waals surface area contributed by atoms with Crippen molar-refractivity contribution < 1.29 is 19.5 Å². The molecule has 0 radical (unpaired) electrons. The number of hydrogen-bond acceptors (Lipinski definition) is 4. The fraction of sp³-hybridized carbons (Fsp3) is 0.379. The summed E-state index contributed by atoms with van der Waals surface area (Å²) in [5.74, 6) is -1.50. The van der Waals surface area contributed by atoms with Crippen LogP contribution < -0.4 is 5.32 Å². The molecule has 2 amide bonds. The van der Waals surface area contributed by atoms with E-state index in [2.05, 4.69) is 55.3 Å². The predicted octanol–water partition coefficient (Wildman–Crippen LogP) is 3.32. The van der Waals surface area contributed by atoms with Crippen molar-refractivity contribution in [2.45, 2.75) is 64.6 Å². The molecule has 37 heavy (non-hydrogen) atoms. The van der Waals surface area contributed by atoms with E-state index in [0.29, 0.717) is 6.54 Å². The van der Waals surface area contributed by atoms with E-state index in [9.17, 15) is 14.4 Å². The van der Waals surface area contributed by atoms with Crippen molar-refractivity contribution in [1.29, 1.82) is 0 Å². The van der Waals surface area contributed by atoms with Crippen LogP contribution in [0.1, 0.15) is 55.3 Å². The van der Waals surface area contributed by atoms with Crippen LogP contribution in [0.15, 0.2) is 60.9 Å². The number of aliphatic carboxylic acids is 1. The summed E-state index contributed by atoms with van der Waals surface area (Å²) in [7, 11) is 0. The number of carbonyl (C=O) groups is 3. The molecular formula is C29H34N4O4. The number of carbonyl (C=O) groups excluding carboxylic acids is 2. The van der Waals surface area contributed by atoms with Gasteiger partial charge >= 0.3 is 5.97 Å². The van der Waals surface area contributed by atoms with Gasteiger partial charge in [0.15, 0.2) is 0 Å². The molecule has 0 fully saturated rings. The average molecular weight is 503 g/mol. The Morgan fingerprint density at radius 3 is 2.38 bits per heavy atom. The van der Waals surface area contributed by atoms with Crippen LogP contribution in [-0.4, -0.2) is 49.9 Å². The van der Waals surface area contributed by atoms with Crippen LogP contribution in [0.25, 0.3) is 0 Å². The molecule has 194 valence electrons. The van der Waals surface area contributed by atoms with E-state index in [1.807, 2.05) is 34.9 Å². The monoisotopic (exact) mass is 502 g/mol. The van der Waals surface area contributed by atoms with Gasteiger partial charge in [-0.25, -0.2) is 4.98 Å². The van der Waals surface area contributed by atoms with Gasteiger partial charge in [0.2, 0.25) is 11.8 Å². The first-order valence-corrected chi connectivity index (χ1v) is 12.6. The topological polar surface area (TPSA) is 105 Å². The van der Waals surface area contributed by atoms with E-state index >= 15 is 0 Å². The van der Waals surface area contributed by atoms with Crippen molar-refractivity contribution in [3.63, 3.8) is 0 Å². The summed E-state index contributed by atoms with van der Waals surface area (Å²) in [6.07, 6.45) is 2.05. The minimum Gasteiger partial charge on any atom is -0.481 e.